The molecular weight excluding hydrogens is 581 g/mol. The van der Waals surface area contributed by atoms with Crippen LogP contribution in [0.15, 0.2) is 97.6 Å². The van der Waals surface area contributed by atoms with Crippen molar-refractivity contribution in [2.24, 2.45) is 0 Å². The number of ether oxygens (including phenoxy) is 2. The average Bonchev–Trinajstić information content (AvgIpc) is 3.05. The molecule has 0 unspecified atom stereocenters. The summed E-state index contributed by atoms with van der Waals surface area (Å²) in [5, 5.41) is 2.10. The lowest BCUT2D eigenvalue weighted by Gasteiger charge is -2.19. The predicted molar refractivity (Wildman–Crippen MR) is 174 cm³/mol. The summed E-state index contributed by atoms with van der Waals surface area (Å²) in [5.74, 6) is -1.46. The van der Waals surface area contributed by atoms with E-state index in [9.17, 15) is 9.59 Å². The quantitative estimate of drug-likeness (QED) is 0.0585. The van der Waals surface area contributed by atoms with Crippen LogP contribution in [0.5, 0.6) is 0 Å². The molecule has 8 nitrogen and oxygen atoms in total. The van der Waals surface area contributed by atoms with E-state index in [-0.39, 0.29) is 24.2 Å². The lowest BCUT2D eigenvalue weighted by atomic mass is 10.2. The highest BCUT2D eigenvalue weighted by molar-refractivity contribution is 6.99. The summed E-state index contributed by atoms with van der Waals surface area (Å²) < 4.78 is 11.1. The third-order valence-electron chi connectivity index (χ3n) is 7.07. The van der Waals surface area contributed by atoms with Crippen molar-refractivity contribution in [3.63, 3.8) is 0 Å². The van der Waals surface area contributed by atoms with Gasteiger partial charge in [0.15, 0.2) is 0 Å². The monoisotopic (exact) mass is 624 g/mol. The van der Waals surface area contributed by atoms with E-state index < -0.39 is 34.4 Å². The fraction of sp³-hybridized carbons (Fsp3) is 0.333. The van der Waals surface area contributed by atoms with Crippen molar-refractivity contribution in [3.05, 3.63) is 109 Å². The molecule has 0 radical (unpaired) electrons. The van der Waals surface area contributed by atoms with Gasteiger partial charge in [-0.15, -0.1) is 36.1 Å². The van der Waals surface area contributed by atoms with Crippen LogP contribution in [0.25, 0.3) is 0 Å². The van der Waals surface area contributed by atoms with E-state index >= 15 is 0 Å². The van der Waals surface area contributed by atoms with Crippen molar-refractivity contribution < 1.29 is 38.6 Å². The maximum Gasteiger partial charge on any atom is 0.373 e. The van der Waals surface area contributed by atoms with E-state index in [0.29, 0.717) is 19.8 Å². The van der Waals surface area contributed by atoms with Gasteiger partial charge in [-0.2, -0.15) is 0 Å². The Balaban J connectivity index is 2.00. The lowest BCUT2D eigenvalue weighted by molar-refractivity contribution is -0.422. The molecule has 43 heavy (non-hydrogen) atoms. The van der Waals surface area contributed by atoms with Crippen molar-refractivity contribution in [1.29, 1.82) is 0 Å². The second-order valence-electron chi connectivity index (χ2n) is 10.3. The number of carbonyl (C=O) groups excluding carboxylic acids is 2. The van der Waals surface area contributed by atoms with Gasteiger partial charge in [-0.3, -0.25) is 9.78 Å². The molecule has 0 N–H and O–H groups in total. The van der Waals surface area contributed by atoms with E-state index in [1.54, 1.807) is 24.3 Å². The predicted octanol–water partition coefficient (Wildman–Crippen LogP) is 5.59. The average molecular weight is 625 g/mol. The Hall–Kier alpha value is -3.39. The summed E-state index contributed by atoms with van der Waals surface area (Å²) in [5.41, 5.74) is 8.21. The summed E-state index contributed by atoms with van der Waals surface area (Å²) >= 11 is 0. The molecule has 2 aromatic carbocycles. The topological polar surface area (TPSA) is 89.5 Å². The van der Waals surface area contributed by atoms with Crippen LogP contribution in [0.3, 0.4) is 0 Å². The lowest BCUT2D eigenvalue weighted by Crippen LogP contribution is -2.40. The molecule has 0 spiro atoms. The van der Waals surface area contributed by atoms with Crippen molar-refractivity contribution in [3.8, 4) is 0 Å². The minimum atomic E-state index is -2.02. The fourth-order valence-corrected chi connectivity index (χ4v) is 6.81. The van der Waals surface area contributed by atoms with Crippen molar-refractivity contribution in [2.45, 2.75) is 45.6 Å². The van der Waals surface area contributed by atoms with Crippen LogP contribution in [0.2, 0.25) is 13.1 Å². The van der Waals surface area contributed by atoms with Gasteiger partial charge in [0.05, 0.1) is 17.7 Å². The molecule has 0 aliphatic rings. The number of rotatable bonds is 21. The number of hydrogen-bond acceptors (Lipinski definition) is 8. The summed E-state index contributed by atoms with van der Waals surface area (Å²) in [6, 6.07) is 14.0. The first-order chi connectivity index (χ1) is 20.7. The molecule has 0 heterocycles. The molecule has 2 rings (SSSR count). The molecule has 0 saturated carbocycles. The van der Waals surface area contributed by atoms with Gasteiger partial charge in [-0.25, -0.2) is 9.59 Å². The largest absolute Gasteiger partial charge is 0.381 e. The Labute approximate surface area is 257 Å². The third kappa shape index (κ3) is 11.0. The van der Waals surface area contributed by atoms with Crippen LogP contribution in [0.4, 0.5) is 0 Å². The second-order valence-corrected chi connectivity index (χ2v) is 18.2. The molecule has 0 aliphatic heterocycles. The Kier molecular flexibility index (Phi) is 15.3. The number of carbonyl (C=O) groups is 2. The van der Waals surface area contributed by atoms with Crippen LogP contribution in [-0.2, 0) is 29.0 Å². The summed E-state index contributed by atoms with van der Waals surface area (Å²) in [6.07, 6.45) is 0.580. The van der Waals surface area contributed by atoms with E-state index in [2.05, 4.69) is 39.4 Å². The van der Waals surface area contributed by atoms with Crippen LogP contribution in [0.1, 0.15) is 46.9 Å². The molecular formula is C33H44O8Si2. The zero-order valence-corrected chi connectivity index (χ0v) is 27.5. The van der Waals surface area contributed by atoms with E-state index in [0.717, 1.165) is 23.2 Å². The van der Waals surface area contributed by atoms with Gasteiger partial charge in [-0.1, -0.05) is 77.5 Å². The molecule has 0 bridgehead atoms. The third-order valence-corrected chi connectivity index (χ3v) is 13.6. The standard InChI is InChI=1S/C33H44O8Si2/c1-8-23-36-24-13-25-37-26-22-31(38-40-32(34)27-14-18-29(19-15-27)42(6,9-2)10-3)39-41-33(35)28-16-20-30(21-17-28)43(7,11-4)12-5/h9-12,14-21,31H,2-5,8,13,22-26H2,1,6-7H3. The minimum Gasteiger partial charge on any atom is -0.381 e. The fourth-order valence-electron chi connectivity index (χ4n) is 3.76. The minimum absolute atomic E-state index is 0.125. The van der Waals surface area contributed by atoms with E-state index in [1.807, 2.05) is 54.0 Å². The molecule has 0 fully saturated rings. The molecule has 232 valence electrons. The zero-order chi connectivity index (χ0) is 31.7. The normalized spacial score (nSPS) is 11.5. The summed E-state index contributed by atoms with van der Waals surface area (Å²) in [4.78, 5) is 45.9. The molecule has 10 heteroatoms. The summed E-state index contributed by atoms with van der Waals surface area (Å²) in [6.45, 7) is 23.9. The Morgan fingerprint density at radius 2 is 1.07 bits per heavy atom. The second kappa shape index (κ2) is 18.3. The smallest absolute Gasteiger partial charge is 0.373 e. The first kappa shape index (κ1) is 35.8. The Morgan fingerprint density at radius 3 is 1.44 bits per heavy atom. The molecule has 0 aliphatic carbocycles. The van der Waals surface area contributed by atoms with Crippen molar-refractivity contribution in [2.75, 3.05) is 26.4 Å². The Morgan fingerprint density at radius 1 is 0.674 bits per heavy atom. The van der Waals surface area contributed by atoms with Gasteiger partial charge in [0.2, 0.25) is 6.29 Å². The van der Waals surface area contributed by atoms with E-state index in [4.69, 9.17) is 29.0 Å². The first-order valence-electron chi connectivity index (χ1n) is 14.3. The van der Waals surface area contributed by atoms with Crippen LogP contribution >= 0.6 is 0 Å². The molecule has 0 saturated heterocycles. The van der Waals surface area contributed by atoms with Crippen molar-refractivity contribution in [1.82, 2.24) is 0 Å². The Bertz CT molecular complexity index is 1110. The maximum absolute atomic E-state index is 12.7. The zero-order valence-electron chi connectivity index (χ0n) is 25.5. The van der Waals surface area contributed by atoms with Crippen LogP contribution < -0.4 is 10.4 Å². The highest BCUT2D eigenvalue weighted by Gasteiger charge is 2.24. The van der Waals surface area contributed by atoms with Crippen LogP contribution in [-0.4, -0.2) is 60.8 Å². The number of benzene rings is 2. The van der Waals surface area contributed by atoms with Gasteiger partial charge < -0.3 is 9.47 Å². The number of hydrogen-bond donors (Lipinski definition) is 0. The van der Waals surface area contributed by atoms with Crippen molar-refractivity contribution >= 4 is 38.5 Å². The van der Waals surface area contributed by atoms with E-state index in [1.165, 1.54) is 0 Å². The van der Waals surface area contributed by atoms with Gasteiger partial charge in [0.25, 0.3) is 0 Å². The van der Waals surface area contributed by atoms with Gasteiger partial charge in [-0.05, 0) is 37.1 Å². The first-order valence-corrected chi connectivity index (χ1v) is 19.6. The summed E-state index contributed by atoms with van der Waals surface area (Å²) in [7, 11) is -4.04. The van der Waals surface area contributed by atoms with Gasteiger partial charge in [0, 0.05) is 26.2 Å². The molecule has 0 atom stereocenters. The SMILES string of the molecule is C=C[Si](C)(C=C)c1ccc(C(=O)OOC(CCOCCCOCCC)OOC(=O)c2ccc([Si](C)(C=C)C=C)cc2)cc1. The molecule has 0 amide bonds. The van der Waals surface area contributed by atoms with Crippen LogP contribution in [0, 0.1) is 0 Å². The van der Waals surface area contributed by atoms with Gasteiger partial charge in [0.1, 0.15) is 16.1 Å². The molecule has 0 aromatic heterocycles. The molecule has 2 aromatic rings. The maximum atomic E-state index is 12.7. The highest BCUT2D eigenvalue weighted by Crippen LogP contribution is 2.13. The van der Waals surface area contributed by atoms with Gasteiger partial charge >= 0.3 is 11.9 Å². The highest BCUT2D eigenvalue weighted by atomic mass is 28.3.